The molecule has 0 saturated heterocycles. The summed E-state index contributed by atoms with van der Waals surface area (Å²) in [6, 6.07) is 27.6. The van der Waals surface area contributed by atoms with Gasteiger partial charge in [0.1, 0.15) is 11.5 Å². The molecule has 9 aliphatic rings. The highest BCUT2D eigenvalue weighted by Crippen LogP contribution is 2.50. The highest BCUT2D eigenvalue weighted by molar-refractivity contribution is 5.36. The Bertz CT molecular complexity index is 3670. The molecule has 0 aliphatic heterocycles. The van der Waals surface area contributed by atoms with Crippen LogP contribution in [-0.2, 0) is 0 Å². The molecule has 10 heteroatoms. The van der Waals surface area contributed by atoms with Crippen molar-refractivity contribution in [1.29, 1.82) is 0 Å². The molecule has 0 aromatic heterocycles. The van der Waals surface area contributed by atoms with Crippen molar-refractivity contribution in [2.45, 2.75) is 420 Å². The maximum Gasteiger partial charge on any atom is 0.200 e. The van der Waals surface area contributed by atoms with Crippen LogP contribution in [0.4, 0.5) is 26.3 Å². The third-order valence-electron chi connectivity index (χ3n) is 32.2. The molecular weight excluding hydrogens is 1550 g/mol. The Morgan fingerprint density at radius 2 is 0.548 bits per heavy atom. The Balaban J connectivity index is 0.000000170. The van der Waals surface area contributed by atoms with Crippen LogP contribution in [0.2, 0.25) is 0 Å². The minimum absolute atomic E-state index is 0.0217. The van der Waals surface area contributed by atoms with E-state index >= 15 is 0 Å². The SMILES string of the molecule is C=CC1CCC(C2CCC(CCCCC)CC2)CC1.CCCC1CCC(C2CCC(c3ccc(C)c(F)c3F)CC2)CC1.CCCC1CCC(C2CCC(c3ccc(OCC)c(F)c3F)CC2)CC1.CCCC1CCC(c2ccc(OC)cc2)CC1.CCCC1CCC(c2ccc(OCC)c(F)c2F)CC1.CCCC1CCC(c2ccc(OCC)cc2)CC1. The van der Waals surface area contributed by atoms with Crippen LogP contribution in [0.25, 0.3) is 0 Å². The summed E-state index contributed by atoms with van der Waals surface area (Å²) in [4.78, 5) is 0. The molecule has 5 aromatic carbocycles. The van der Waals surface area contributed by atoms with Gasteiger partial charge in [-0.3, -0.25) is 0 Å². The zero-order chi connectivity index (χ0) is 88.5. The Morgan fingerprint density at radius 1 is 0.274 bits per heavy atom. The van der Waals surface area contributed by atoms with E-state index in [2.05, 4.69) is 103 Å². The van der Waals surface area contributed by atoms with E-state index in [4.69, 9.17) is 18.9 Å². The smallest absolute Gasteiger partial charge is 0.200 e. The Kier molecular flexibility index (Phi) is 46.4. The van der Waals surface area contributed by atoms with Crippen LogP contribution in [-0.4, -0.2) is 26.9 Å². The van der Waals surface area contributed by atoms with Crippen molar-refractivity contribution in [3.63, 3.8) is 0 Å². The van der Waals surface area contributed by atoms with Crippen molar-refractivity contribution in [3.8, 4) is 23.0 Å². The number of halogens is 6. The van der Waals surface area contributed by atoms with Crippen molar-refractivity contribution in [2.75, 3.05) is 26.9 Å². The molecular formula is C114H174F6O4. The number of benzene rings is 5. The molecule has 0 amide bonds. The van der Waals surface area contributed by atoms with E-state index in [1.165, 1.54) is 268 Å². The first kappa shape index (κ1) is 102. The van der Waals surface area contributed by atoms with E-state index in [0.29, 0.717) is 35.5 Å². The largest absolute Gasteiger partial charge is 0.497 e. The summed E-state index contributed by atoms with van der Waals surface area (Å²) in [6.07, 6.45) is 68.8. The van der Waals surface area contributed by atoms with Crippen LogP contribution >= 0.6 is 0 Å². The Morgan fingerprint density at radius 3 is 0.855 bits per heavy atom. The summed E-state index contributed by atoms with van der Waals surface area (Å²) in [5.74, 6) is 11.9. The highest BCUT2D eigenvalue weighted by Gasteiger charge is 2.37. The maximum atomic E-state index is 14.5. The maximum absolute atomic E-state index is 14.5. The Hall–Kier alpha value is -5.38. The van der Waals surface area contributed by atoms with E-state index in [1.54, 1.807) is 71.1 Å². The van der Waals surface area contributed by atoms with E-state index in [0.717, 1.165) is 158 Å². The minimum atomic E-state index is -0.833. The molecule has 4 nitrogen and oxygen atoms in total. The van der Waals surface area contributed by atoms with Crippen molar-refractivity contribution >= 4 is 0 Å². The Labute approximate surface area is 753 Å². The first-order valence-electron chi connectivity index (χ1n) is 52.0. The van der Waals surface area contributed by atoms with Gasteiger partial charge in [0, 0.05) is 0 Å². The fourth-order valence-corrected chi connectivity index (χ4v) is 24.7. The molecule has 9 fully saturated rings. The normalized spacial score (nSPS) is 28.3. The second kappa shape index (κ2) is 56.3. The lowest BCUT2D eigenvalue weighted by Gasteiger charge is -2.38. The molecule has 9 aliphatic carbocycles. The average molecular weight is 1720 g/mol. The molecule has 5 aromatic rings. The van der Waals surface area contributed by atoms with Crippen molar-refractivity contribution < 1.29 is 45.3 Å². The van der Waals surface area contributed by atoms with Crippen LogP contribution < -0.4 is 18.9 Å². The van der Waals surface area contributed by atoms with E-state index in [9.17, 15) is 26.3 Å². The van der Waals surface area contributed by atoms with Crippen LogP contribution in [0, 0.1) is 119 Å². The van der Waals surface area contributed by atoms with Crippen LogP contribution in [0.5, 0.6) is 23.0 Å². The van der Waals surface area contributed by atoms with Gasteiger partial charge in [-0.15, -0.1) is 6.58 Å². The lowest BCUT2D eigenvalue weighted by Crippen LogP contribution is -2.25. The monoisotopic (exact) mass is 1720 g/mol. The molecule has 0 heterocycles. The van der Waals surface area contributed by atoms with Gasteiger partial charge in [-0.25, -0.2) is 17.6 Å². The molecule has 0 radical (unpaired) electrons. The summed E-state index contributed by atoms with van der Waals surface area (Å²) in [7, 11) is 1.73. The number of allylic oxidation sites excluding steroid dienone is 1. The number of hydrogen-bond donors (Lipinski definition) is 0. The van der Waals surface area contributed by atoms with Gasteiger partial charge >= 0.3 is 0 Å². The van der Waals surface area contributed by atoms with E-state index in [1.807, 2.05) is 13.0 Å². The van der Waals surface area contributed by atoms with Crippen molar-refractivity contribution in [2.24, 2.45) is 76.9 Å². The number of rotatable bonds is 30. The molecule has 0 N–H and O–H groups in total. The molecule has 0 atom stereocenters. The molecule has 9 saturated carbocycles. The second-order valence-corrected chi connectivity index (χ2v) is 40.4. The molecule has 124 heavy (non-hydrogen) atoms. The third-order valence-corrected chi connectivity index (χ3v) is 32.2. The molecule has 0 bridgehead atoms. The summed E-state index contributed by atoms with van der Waals surface area (Å²) >= 11 is 0. The molecule has 696 valence electrons. The number of methoxy groups -OCH3 is 1. The van der Waals surface area contributed by atoms with Crippen molar-refractivity contribution in [3.05, 3.63) is 166 Å². The van der Waals surface area contributed by atoms with Gasteiger partial charge in [-0.05, 0) is 397 Å². The van der Waals surface area contributed by atoms with E-state index in [-0.39, 0.29) is 29.3 Å². The fourth-order valence-electron chi connectivity index (χ4n) is 24.7. The molecule has 0 spiro atoms. The van der Waals surface area contributed by atoms with Gasteiger partial charge in [0.05, 0.1) is 26.9 Å². The van der Waals surface area contributed by atoms with Crippen molar-refractivity contribution in [1.82, 2.24) is 0 Å². The predicted octanol–water partition coefficient (Wildman–Crippen LogP) is 36.1. The van der Waals surface area contributed by atoms with Gasteiger partial charge in [0.25, 0.3) is 0 Å². The van der Waals surface area contributed by atoms with Crippen LogP contribution in [0.15, 0.2) is 97.6 Å². The summed E-state index contributed by atoms with van der Waals surface area (Å²) in [5.41, 5.74) is 5.11. The number of hydrogen-bond acceptors (Lipinski definition) is 4. The minimum Gasteiger partial charge on any atom is -0.497 e. The lowest BCUT2D eigenvalue weighted by molar-refractivity contribution is 0.151. The number of aryl methyl sites for hydroxylation is 1. The van der Waals surface area contributed by atoms with E-state index < -0.39 is 34.9 Å². The van der Waals surface area contributed by atoms with Gasteiger partial charge in [0.2, 0.25) is 11.6 Å². The zero-order valence-corrected chi connectivity index (χ0v) is 80.1. The van der Waals surface area contributed by atoms with Gasteiger partial charge < -0.3 is 18.9 Å². The molecule has 0 unspecified atom stereocenters. The average Bonchev–Trinajstić information content (AvgIpc) is 0.809. The van der Waals surface area contributed by atoms with Gasteiger partial charge in [-0.1, -0.05) is 225 Å². The number of ether oxygens (including phenoxy) is 4. The summed E-state index contributed by atoms with van der Waals surface area (Å²) < 4.78 is 106. The lowest BCUT2D eigenvalue weighted by atomic mass is 9.68. The quantitative estimate of drug-likeness (QED) is 0.0261. The fraction of sp³-hybridized carbons (Fsp3) is 0.719. The standard InChI is InChI=1S/C23H34F2O.C22H32F2.C19H34.C17H24F2O.C17H26O.C16H24O/c1-3-5-16-6-8-17(9-7-16)18-10-12-19(13-11-18)20-14-15-21(26-4-2)23(25)22(20)24;1-3-4-16-6-8-17(9-7-16)18-10-12-19(13-11-18)20-14-5-15(2)21(23)22(20)24;1-3-5-6-7-17-10-14-19(15-11-17)18-12-8-16(4-2)9-13-18;1-3-5-12-6-8-13(9-7-12)14-10-11-15(20-4-2)17(19)16(14)18;1-3-5-14-6-8-15(9-7-14)16-10-12-17(13-11-16)18-4-2;1-3-4-13-5-7-14(8-6-13)15-9-11-16(17-2)12-10-15/h14-19H,3-13H2,1-2H3;5,14,16-19H,3-4,6-13H2,1-2H3;4,16-19H,2-3,5-15H2,1H3;10-13H,3-9H2,1-2H3;10-15H,3-9H2,1-2H3;9-14H,3-8H2,1-2H3. The first-order chi connectivity index (χ1) is 60.4. The first-order valence-corrected chi connectivity index (χ1v) is 52.0. The van der Waals surface area contributed by atoms with Crippen LogP contribution in [0.3, 0.4) is 0 Å². The predicted molar refractivity (Wildman–Crippen MR) is 511 cm³/mol. The topological polar surface area (TPSA) is 36.9 Å². The van der Waals surface area contributed by atoms with Crippen LogP contribution in [0.1, 0.15) is 446 Å². The summed E-state index contributed by atoms with van der Waals surface area (Å²) in [6.45, 7) is 26.3. The third kappa shape index (κ3) is 32.0. The summed E-state index contributed by atoms with van der Waals surface area (Å²) in [5, 5.41) is 0. The second-order valence-electron chi connectivity index (χ2n) is 40.4. The van der Waals surface area contributed by atoms with Gasteiger partial charge in [-0.2, -0.15) is 8.78 Å². The zero-order valence-electron chi connectivity index (χ0n) is 80.1. The molecule has 14 rings (SSSR count). The highest BCUT2D eigenvalue weighted by atomic mass is 19.2. The number of unbranched alkanes of at least 4 members (excludes halogenated alkanes) is 2. The van der Waals surface area contributed by atoms with Gasteiger partial charge in [0.15, 0.2) is 34.8 Å².